The predicted octanol–water partition coefficient (Wildman–Crippen LogP) is -1.26. The first-order valence-corrected chi connectivity index (χ1v) is 5.64. The Bertz CT molecular complexity index is 411. The molecule has 0 saturated carbocycles. The lowest BCUT2D eigenvalue weighted by atomic mass is 10.3. The van der Waals surface area contributed by atoms with Crippen molar-refractivity contribution in [3.8, 4) is 0 Å². The second kappa shape index (κ2) is 5.58. The third-order valence-corrected chi connectivity index (χ3v) is 2.82. The van der Waals surface area contributed by atoms with E-state index in [1.165, 1.54) is 13.3 Å². The number of nitrogens with zero attached hydrogens (tertiary/aromatic N) is 4. The summed E-state index contributed by atoms with van der Waals surface area (Å²) in [5.74, 6) is -0.214. The van der Waals surface area contributed by atoms with Crippen LogP contribution in [0, 0.1) is 0 Å². The minimum Gasteiger partial charge on any atom is -0.375 e. The topological polar surface area (TPSA) is 91.4 Å². The van der Waals surface area contributed by atoms with E-state index in [2.05, 4.69) is 15.4 Å². The van der Waals surface area contributed by atoms with Gasteiger partial charge in [-0.3, -0.25) is 9.59 Å². The smallest absolute Gasteiger partial charge is 0.276 e. The normalized spacial score (nSPS) is 15.8. The number of rotatable bonds is 3. The van der Waals surface area contributed by atoms with E-state index in [1.54, 1.807) is 9.80 Å². The fourth-order valence-corrected chi connectivity index (χ4v) is 1.84. The molecule has 1 aromatic heterocycles. The fourth-order valence-electron chi connectivity index (χ4n) is 1.84. The van der Waals surface area contributed by atoms with Gasteiger partial charge < -0.3 is 14.5 Å². The summed E-state index contributed by atoms with van der Waals surface area (Å²) in [4.78, 5) is 26.9. The Morgan fingerprint density at radius 3 is 2.56 bits per heavy atom. The van der Waals surface area contributed by atoms with Crippen molar-refractivity contribution in [3.05, 3.63) is 11.9 Å². The van der Waals surface area contributed by atoms with Crippen molar-refractivity contribution in [1.82, 2.24) is 25.2 Å². The maximum absolute atomic E-state index is 11.9. The van der Waals surface area contributed by atoms with Gasteiger partial charge in [-0.2, -0.15) is 15.4 Å². The number of aromatic amines is 1. The number of carbonyl (C=O) groups excluding carboxylic acids is 2. The molecule has 0 spiro atoms. The second-order valence-electron chi connectivity index (χ2n) is 3.96. The van der Waals surface area contributed by atoms with Gasteiger partial charge in [0.1, 0.15) is 6.61 Å². The summed E-state index contributed by atoms with van der Waals surface area (Å²) in [5.41, 5.74) is 0.298. The zero-order valence-corrected chi connectivity index (χ0v) is 10.1. The summed E-state index contributed by atoms with van der Waals surface area (Å²) in [7, 11) is 1.49. The molecule has 1 aliphatic rings. The minimum atomic E-state index is -0.164. The summed E-state index contributed by atoms with van der Waals surface area (Å²) in [6, 6.07) is 0. The largest absolute Gasteiger partial charge is 0.375 e. The van der Waals surface area contributed by atoms with Crippen LogP contribution in [0.4, 0.5) is 0 Å². The molecule has 98 valence electrons. The highest BCUT2D eigenvalue weighted by molar-refractivity contribution is 5.92. The molecule has 2 heterocycles. The van der Waals surface area contributed by atoms with Crippen molar-refractivity contribution >= 4 is 11.8 Å². The van der Waals surface area contributed by atoms with Gasteiger partial charge in [0.25, 0.3) is 5.91 Å². The first-order chi connectivity index (χ1) is 8.72. The number of aromatic nitrogens is 3. The van der Waals surface area contributed by atoms with Gasteiger partial charge in [-0.1, -0.05) is 0 Å². The standard InChI is InChI=1S/C10H15N5O3/c1-18-7-9(16)14-2-4-15(5-3-14)10(17)8-6-11-13-12-8/h6H,2-5,7H2,1H3,(H,11,12,13). The highest BCUT2D eigenvalue weighted by Gasteiger charge is 2.25. The van der Waals surface area contributed by atoms with Crippen LogP contribution in [-0.2, 0) is 9.53 Å². The number of ether oxygens (including phenoxy) is 1. The Morgan fingerprint density at radius 2 is 2.00 bits per heavy atom. The molecule has 1 N–H and O–H groups in total. The third-order valence-electron chi connectivity index (χ3n) is 2.82. The van der Waals surface area contributed by atoms with Crippen LogP contribution < -0.4 is 0 Å². The number of H-pyrrole nitrogens is 1. The van der Waals surface area contributed by atoms with E-state index in [9.17, 15) is 9.59 Å². The molecule has 0 atom stereocenters. The molecule has 8 heteroatoms. The number of piperazine rings is 1. The van der Waals surface area contributed by atoms with Crippen molar-refractivity contribution in [1.29, 1.82) is 0 Å². The molecule has 1 aromatic rings. The summed E-state index contributed by atoms with van der Waals surface area (Å²) in [5, 5.41) is 9.75. The lowest BCUT2D eigenvalue weighted by Gasteiger charge is -2.34. The van der Waals surface area contributed by atoms with Crippen molar-refractivity contribution in [2.24, 2.45) is 0 Å². The van der Waals surface area contributed by atoms with Crippen molar-refractivity contribution in [3.63, 3.8) is 0 Å². The van der Waals surface area contributed by atoms with E-state index in [1.807, 2.05) is 0 Å². The Balaban J connectivity index is 1.87. The molecular weight excluding hydrogens is 238 g/mol. The zero-order chi connectivity index (χ0) is 13.0. The van der Waals surface area contributed by atoms with Crippen LogP contribution >= 0.6 is 0 Å². The van der Waals surface area contributed by atoms with E-state index in [-0.39, 0.29) is 18.4 Å². The summed E-state index contributed by atoms with van der Waals surface area (Å²) >= 11 is 0. The quantitative estimate of drug-likeness (QED) is 0.725. The highest BCUT2D eigenvalue weighted by Crippen LogP contribution is 2.06. The maximum Gasteiger partial charge on any atom is 0.276 e. The molecule has 1 saturated heterocycles. The first-order valence-electron chi connectivity index (χ1n) is 5.64. The molecule has 0 bridgehead atoms. The Hall–Kier alpha value is -1.96. The molecule has 2 amide bonds. The molecule has 8 nitrogen and oxygen atoms in total. The fraction of sp³-hybridized carbons (Fsp3) is 0.600. The molecule has 0 radical (unpaired) electrons. The van der Waals surface area contributed by atoms with Crippen molar-refractivity contribution < 1.29 is 14.3 Å². The SMILES string of the molecule is COCC(=O)N1CCN(C(=O)c2cn[nH]n2)CC1. The van der Waals surface area contributed by atoms with Gasteiger partial charge in [-0.15, -0.1) is 0 Å². The van der Waals surface area contributed by atoms with E-state index in [4.69, 9.17) is 4.74 Å². The second-order valence-corrected chi connectivity index (χ2v) is 3.96. The number of amides is 2. The Morgan fingerprint density at radius 1 is 1.33 bits per heavy atom. The van der Waals surface area contributed by atoms with Crippen LogP contribution in [0.1, 0.15) is 10.5 Å². The molecule has 0 aliphatic carbocycles. The number of methoxy groups -OCH3 is 1. The van der Waals surface area contributed by atoms with E-state index < -0.39 is 0 Å². The number of carbonyl (C=O) groups is 2. The van der Waals surface area contributed by atoms with Gasteiger partial charge in [-0.25, -0.2) is 0 Å². The average molecular weight is 253 g/mol. The minimum absolute atomic E-state index is 0.0500. The predicted molar refractivity (Wildman–Crippen MR) is 60.7 cm³/mol. The third kappa shape index (κ3) is 2.65. The monoisotopic (exact) mass is 253 g/mol. The van der Waals surface area contributed by atoms with Gasteiger partial charge in [0.2, 0.25) is 5.91 Å². The van der Waals surface area contributed by atoms with Crippen LogP contribution in [0.2, 0.25) is 0 Å². The molecule has 1 aliphatic heterocycles. The van der Waals surface area contributed by atoms with Crippen LogP contribution in [0.3, 0.4) is 0 Å². The van der Waals surface area contributed by atoms with Crippen LogP contribution in [-0.4, -0.2) is 76.9 Å². The Labute approximate surface area is 104 Å². The van der Waals surface area contributed by atoms with E-state index >= 15 is 0 Å². The molecular formula is C10H15N5O3. The molecule has 18 heavy (non-hydrogen) atoms. The summed E-state index contributed by atoms with van der Waals surface area (Å²) < 4.78 is 4.80. The van der Waals surface area contributed by atoms with Crippen LogP contribution in [0.15, 0.2) is 6.20 Å². The lowest BCUT2D eigenvalue weighted by molar-refractivity contribution is -0.136. The first kappa shape index (κ1) is 12.5. The average Bonchev–Trinajstić information content (AvgIpc) is 2.92. The van der Waals surface area contributed by atoms with E-state index in [0.29, 0.717) is 31.9 Å². The van der Waals surface area contributed by atoms with Gasteiger partial charge >= 0.3 is 0 Å². The van der Waals surface area contributed by atoms with Gasteiger partial charge in [0.05, 0.1) is 6.20 Å². The molecule has 0 unspecified atom stereocenters. The number of hydrogen-bond donors (Lipinski definition) is 1. The molecule has 1 fully saturated rings. The van der Waals surface area contributed by atoms with Gasteiger partial charge in [0.15, 0.2) is 5.69 Å². The Kier molecular flexibility index (Phi) is 3.88. The van der Waals surface area contributed by atoms with Crippen LogP contribution in [0.5, 0.6) is 0 Å². The highest BCUT2D eigenvalue weighted by atomic mass is 16.5. The number of nitrogens with one attached hydrogen (secondary N) is 1. The van der Waals surface area contributed by atoms with Gasteiger partial charge in [-0.05, 0) is 0 Å². The van der Waals surface area contributed by atoms with Crippen LogP contribution in [0.25, 0.3) is 0 Å². The molecule has 2 rings (SSSR count). The zero-order valence-electron chi connectivity index (χ0n) is 10.1. The van der Waals surface area contributed by atoms with Gasteiger partial charge in [0, 0.05) is 33.3 Å². The summed E-state index contributed by atoms with van der Waals surface area (Å²) in [6.45, 7) is 2.12. The lowest BCUT2D eigenvalue weighted by Crippen LogP contribution is -2.51. The maximum atomic E-state index is 11.9. The van der Waals surface area contributed by atoms with Crippen molar-refractivity contribution in [2.45, 2.75) is 0 Å². The number of hydrogen-bond acceptors (Lipinski definition) is 5. The van der Waals surface area contributed by atoms with E-state index in [0.717, 1.165) is 0 Å². The molecule has 0 aromatic carbocycles. The van der Waals surface area contributed by atoms with Crippen molar-refractivity contribution in [2.75, 3.05) is 39.9 Å². The summed E-state index contributed by atoms with van der Waals surface area (Å²) in [6.07, 6.45) is 1.39.